The Bertz CT molecular complexity index is 484. The summed E-state index contributed by atoms with van der Waals surface area (Å²) in [7, 11) is 0. The van der Waals surface area contributed by atoms with Crippen molar-refractivity contribution in [3.63, 3.8) is 0 Å². The summed E-state index contributed by atoms with van der Waals surface area (Å²) >= 11 is 0. The number of nitrogens with one attached hydrogen (secondary N) is 2. The van der Waals surface area contributed by atoms with Crippen LogP contribution in [0.15, 0.2) is 24.3 Å². The van der Waals surface area contributed by atoms with Gasteiger partial charge in [0.1, 0.15) is 0 Å². The molecule has 5 heteroatoms. The highest BCUT2D eigenvalue weighted by molar-refractivity contribution is 5.94. The van der Waals surface area contributed by atoms with Crippen LogP contribution in [0.25, 0.3) is 0 Å². The lowest BCUT2D eigenvalue weighted by Gasteiger charge is -2.09. The smallest absolute Gasteiger partial charge is 0.251 e. The van der Waals surface area contributed by atoms with E-state index in [1.165, 1.54) is 5.56 Å². The summed E-state index contributed by atoms with van der Waals surface area (Å²) in [5.41, 5.74) is 1.87. The van der Waals surface area contributed by atoms with Crippen LogP contribution in [0, 0.1) is 0 Å². The van der Waals surface area contributed by atoms with Gasteiger partial charge in [-0.3, -0.25) is 9.59 Å². The van der Waals surface area contributed by atoms with Gasteiger partial charge in [0.15, 0.2) is 0 Å². The fraction of sp³-hybridized carbons (Fsp3) is 0.556. The van der Waals surface area contributed by atoms with E-state index in [2.05, 4.69) is 24.5 Å². The molecule has 0 bridgehead atoms. The summed E-state index contributed by atoms with van der Waals surface area (Å²) in [6.07, 6.45) is 1.39. The van der Waals surface area contributed by atoms with Crippen LogP contribution >= 0.6 is 0 Å². The summed E-state index contributed by atoms with van der Waals surface area (Å²) in [5.74, 6) is 0.410. The summed E-state index contributed by atoms with van der Waals surface area (Å²) < 4.78 is 5.37. The van der Waals surface area contributed by atoms with Crippen molar-refractivity contribution in [2.75, 3.05) is 26.3 Å². The third kappa shape index (κ3) is 7.79. The van der Waals surface area contributed by atoms with Crippen molar-refractivity contribution < 1.29 is 14.3 Å². The number of rotatable bonds is 10. The number of hydrogen-bond donors (Lipinski definition) is 2. The van der Waals surface area contributed by atoms with Crippen LogP contribution in [0.4, 0.5) is 0 Å². The van der Waals surface area contributed by atoms with Gasteiger partial charge in [0.2, 0.25) is 5.91 Å². The van der Waals surface area contributed by atoms with Gasteiger partial charge in [0.25, 0.3) is 5.91 Å². The maximum absolute atomic E-state index is 12.0. The number of amides is 2. The number of benzene rings is 1. The van der Waals surface area contributed by atoms with Crippen LogP contribution in [0.2, 0.25) is 0 Å². The van der Waals surface area contributed by atoms with Gasteiger partial charge in [0, 0.05) is 25.1 Å². The zero-order valence-corrected chi connectivity index (χ0v) is 14.4. The minimum atomic E-state index is -0.0971. The molecule has 0 saturated carbocycles. The largest absolute Gasteiger partial charge is 0.378 e. The minimum absolute atomic E-state index is 0.0502. The van der Waals surface area contributed by atoms with Gasteiger partial charge >= 0.3 is 0 Å². The monoisotopic (exact) mass is 320 g/mol. The van der Waals surface area contributed by atoms with Crippen molar-refractivity contribution in [3.05, 3.63) is 35.4 Å². The quantitative estimate of drug-likeness (QED) is 0.651. The first-order valence-electron chi connectivity index (χ1n) is 8.27. The Balaban J connectivity index is 2.13. The van der Waals surface area contributed by atoms with Crippen molar-refractivity contribution >= 4 is 11.8 Å². The highest BCUT2D eigenvalue weighted by atomic mass is 16.5. The maximum Gasteiger partial charge on any atom is 0.251 e. The van der Waals surface area contributed by atoms with E-state index in [1.54, 1.807) is 0 Å². The molecule has 1 aromatic carbocycles. The molecule has 0 atom stereocenters. The maximum atomic E-state index is 12.0. The molecule has 1 aromatic rings. The summed E-state index contributed by atoms with van der Waals surface area (Å²) in [4.78, 5) is 23.2. The molecule has 128 valence electrons. The highest BCUT2D eigenvalue weighted by Crippen LogP contribution is 2.14. The van der Waals surface area contributed by atoms with E-state index in [0.29, 0.717) is 44.2 Å². The molecule has 0 radical (unpaired) electrons. The first-order chi connectivity index (χ1) is 11.0. The van der Waals surface area contributed by atoms with E-state index in [4.69, 9.17) is 4.74 Å². The molecule has 0 aliphatic carbocycles. The van der Waals surface area contributed by atoms with Crippen LogP contribution in [0.5, 0.6) is 0 Å². The van der Waals surface area contributed by atoms with Crippen LogP contribution in [-0.4, -0.2) is 38.1 Å². The Morgan fingerprint density at radius 1 is 1.04 bits per heavy atom. The van der Waals surface area contributed by atoms with E-state index < -0.39 is 0 Å². The summed E-state index contributed by atoms with van der Waals surface area (Å²) in [6.45, 7) is 8.05. The van der Waals surface area contributed by atoms with Crippen LogP contribution in [-0.2, 0) is 9.53 Å². The molecular formula is C18H28N2O3. The van der Waals surface area contributed by atoms with Crippen LogP contribution in [0.3, 0.4) is 0 Å². The molecule has 0 aliphatic heterocycles. The summed E-state index contributed by atoms with van der Waals surface area (Å²) in [5, 5.41) is 5.59. The second kappa shape index (κ2) is 10.8. The number of carbonyl (C=O) groups excluding carboxylic acids is 2. The zero-order valence-electron chi connectivity index (χ0n) is 14.4. The lowest BCUT2D eigenvalue weighted by atomic mass is 10.0. The molecular weight excluding hydrogens is 292 g/mol. The molecule has 0 aliphatic rings. The first-order valence-corrected chi connectivity index (χ1v) is 8.27. The molecule has 0 saturated heterocycles. The van der Waals surface area contributed by atoms with Crippen molar-refractivity contribution in [2.45, 2.75) is 39.5 Å². The SMILES string of the molecule is CCCC(=O)NCCOCCNC(=O)c1ccc(C(C)C)cc1. The fourth-order valence-corrected chi connectivity index (χ4v) is 2.04. The topological polar surface area (TPSA) is 67.4 Å². The van der Waals surface area contributed by atoms with E-state index in [0.717, 1.165) is 6.42 Å². The number of hydrogen-bond acceptors (Lipinski definition) is 3. The predicted molar refractivity (Wildman–Crippen MR) is 91.6 cm³/mol. The van der Waals surface area contributed by atoms with Crippen LogP contribution in [0.1, 0.15) is 55.5 Å². The van der Waals surface area contributed by atoms with E-state index in [9.17, 15) is 9.59 Å². The van der Waals surface area contributed by atoms with Gasteiger partial charge in [-0.2, -0.15) is 0 Å². The Hall–Kier alpha value is -1.88. The number of carbonyl (C=O) groups is 2. The van der Waals surface area contributed by atoms with Gasteiger partial charge in [-0.1, -0.05) is 32.9 Å². The average Bonchev–Trinajstić information content (AvgIpc) is 2.54. The minimum Gasteiger partial charge on any atom is -0.378 e. The molecule has 1 rings (SSSR count). The van der Waals surface area contributed by atoms with Crippen molar-refractivity contribution in [1.29, 1.82) is 0 Å². The standard InChI is InChI=1S/C18H28N2O3/c1-4-5-17(21)19-10-12-23-13-11-20-18(22)16-8-6-15(7-9-16)14(2)3/h6-9,14H,4-5,10-13H2,1-3H3,(H,19,21)(H,20,22). The van der Waals surface area contributed by atoms with Gasteiger partial charge in [-0.25, -0.2) is 0 Å². The fourth-order valence-electron chi connectivity index (χ4n) is 2.04. The molecule has 23 heavy (non-hydrogen) atoms. The highest BCUT2D eigenvalue weighted by Gasteiger charge is 2.05. The van der Waals surface area contributed by atoms with Gasteiger partial charge < -0.3 is 15.4 Å². The predicted octanol–water partition coefficient (Wildman–Crippen LogP) is 2.47. The second-order valence-electron chi connectivity index (χ2n) is 5.74. The average molecular weight is 320 g/mol. The van der Waals surface area contributed by atoms with E-state index in [1.807, 2.05) is 31.2 Å². The summed E-state index contributed by atoms with van der Waals surface area (Å²) in [6, 6.07) is 7.65. The van der Waals surface area contributed by atoms with Crippen molar-refractivity contribution in [2.24, 2.45) is 0 Å². The van der Waals surface area contributed by atoms with Gasteiger partial charge in [-0.05, 0) is 30.0 Å². The number of ether oxygens (including phenoxy) is 1. The third-order valence-corrected chi connectivity index (χ3v) is 3.42. The van der Waals surface area contributed by atoms with E-state index in [-0.39, 0.29) is 11.8 Å². The third-order valence-electron chi connectivity index (χ3n) is 3.42. The molecule has 2 N–H and O–H groups in total. The van der Waals surface area contributed by atoms with Crippen LogP contribution < -0.4 is 10.6 Å². The lowest BCUT2D eigenvalue weighted by Crippen LogP contribution is -2.30. The van der Waals surface area contributed by atoms with Crippen molar-refractivity contribution in [1.82, 2.24) is 10.6 Å². The normalized spacial score (nSPS) is 10.6. The lowest BCUT2D eigenvalue weighted by molar-refractivity contribution is -0.121. The Kier molecular flexibility index (Phi) is 8.98. The zero-order chi connectivity index (χ0) is 17.1. The molecule has 0 aromatic heterocycles. The molecule has 5 nitrogen and oxygen atoms in total. The molecule has 2 amide bonds. The van der Waals surface area contributed by atoms with Crippen molar-refractivity contribution in [3.8, 4) is 0 Å². The molecule has 0 unspecified atom stereocenters. The molecule has 0 fully saturated rings. The molecule has 0 spiro atoms. The Morgan fingerprint density at radius 3 is 2.22 bits per heavy atom. The molecule has 0 heterocycles. The second-order valence-corrected chi connectivity index (χ2v) is 5.74. The Labute approximate surface area is 138 Å². The first kappa shape index (κ1) is 19.2. The van der Waals surface area contributed by atoms with Gasteiger partial charge in [-0.15, -0.1) is 0 Å². The Morgan fingerprint density at radius 2 is 1.65 bits per heavy atom. The van der Waals surface area contributed by atoms with Gasteiger partial charge in [0.05, 0.1) is 13.2 Å². The van der Waals surface area contributed by atoms with E-state index >= 15 is 0 Å².